The van der Waals surface area contributed by atoms with Crippen molar-refractivity contribution >= 4 is 16.8 Å². The molecule has 1 N–H and O–H groups in total. The number of rotatable bonds is 5. The average Bonchev–Trinajstić information content (AvgIpc) is 2.98. The van der Waals surface area contributed by atoms with E-state index in [1.807, 2.05) is 36.4 Å². The van der Waals surface area contributed by atoms with E-state index in [0.717, 1.165) is 17.4 Å². The van der Waals surface area contributed by atoms with Crippen LogP contribution in [0.25, 0.3) is 10.9 Å². The van der Waals surface area contributed by atoms with Crippen LogP contribution in [0, 0.1) is 19.7 Å². The van der Waals surface area contributed by atoms with Gasteiger partial charge in [0.15, 0.2) is 0 Å². The molecule has 0 radical (unpaired) electrons. The third kappa shape index (κ3) is 3.79. The number of benzene rings is 3. The van der Waals surface area contributed by atoms with E-state index in [1.165, 1.54) is 22.9 Å². The van der Waals surface area contributed by atoms with Crippen LogP contribution < -0.4 is 5.32 Å². The summed E-state index contributed by atoms with van der Waals surface area (Å²) in [5, 5.41) is 3.88. The van der Waals surface area contributed by atoms with Crippen LogP contribution >= 0.6 is 0 Å². The van der Waals surface area contributed by atoms with Gasteiger partial charge in [-0.2, -0.15) is 0 Å². The Kier molecular flexibility index (Phi) is 5.17. The van der Waals surface area contributed by atoms with Crippen LogP contribution in [0.4, 0.5) is 4.39 Å². The lowest BCUT2D eigenvalue weighted by molar-refractivity contribution is 0.0950. The fourth-order valence-corrected chi connectivity index (χ4v) is 3.68. The highest BCUT2D eigenvalue weighted by Gasteiger charge is 2.14. The van der Waals surface area contributed by atoms with Gasteiger partial charge in [0, 0.05) is 40.8 Å². The molecule has 0 saturated heterocycles. The Bertz CT molecular complexity index is 1180. The summed E-state index contributed by atoms with van der Waals surface area (Å²) >= 11 is 0. The van der Waals surface area contributed by atoms with Crippen LogP contribution in [0.2, 0.25) is 0 Å². The molecule has 0 bridgehead atoms. The second-order valence-corrected chi connectivity index (χ2v) is 7.29. The van der Waals surface area contributed by atoms with Gasteiger partial charge in [-0.15, -0.1) is 0 Å². The molecule has 1 aromatic heterocycles. The third-order valence-electron chi connectivity index (χ3n) is 5.48. The first-order chi connectivity index (χ1) is 14.0. The number of aromatic nitrogens is 1. The van der Waals surface area contributed by atoms with E-state index in [1.54, 1.807) is 18.2 Å². The highest BCUT2D eigenvalue weighted by Crippen LogP contribution is 2.27. The van der Waals surface area contributed by atoms with Crippen LogP contribution in [-0.4, -0.2) is 10.5 Å². The molecule has 1 heterocycles. The van der Waals surface area contributed by atoms with Crippen molar-refractivity contribution < 1.29 is 9.18 Å². The standard InChI is InChI=1S/C25H23FN2O/c1-17-18(2)28(16-19-8-4-3-5-9-19)24-13-12-20(14-22(17)24)25(29)27-15-21-10-6-7-11-23(21)26/h3-14H,15-16H2,1-2H3,(H,27,29). The molecule has 29 heavy (non-hydrogen) atoms. The number of aryl methyl sites for hydroxylation is 1. The van der Waals surface area contributed by atoms with Crippen LogP contribution in [0.3, 0.4) is 0 Å². The van der Waals surface area contributed by atoms with Crippen molar-refractivity contribution in [3.05, 3.63) is 107 Å². The van der Waals surface area contributed by atoms with E-state index in [2.05, 4.69) is 35.9 Å². The number of amides is 1. The molecular formula is C25H23FN2O. The van der Waals surface area contributed by atoms with Gasteiger partial charge in [0.25, 0.3) is 5.91 Å². The smallest absolute Gasteiger partial charge is 0.251 e. The first-order valence-corrected chi connectivity index (χ1v) is 9.69. The Labute approximate surface area is 169 Å². The zero-order chi connectivity index (χ0) is 20.4. The maximum absolute atomic E-state index is 13.8. The lowest BCUT2D eigenvalue weighted by Crippen LogP contribution is -2.23. The van der Waals surface area contributed by atoms with Gasteiger partial charge in [0.2, 0.25) is 0 Å². The Morgan fingerprint density at radius 3 is 2.45 bits per heavy atom. The van der Waals surface area contributed by atoms with E-state index in [9.17, 15) is 9.18 Å². The minimum absolute atomic E-state index is 0.163. The summed E-state index contributed by atoms with van der Waals surface area (Å²) in [6.45, 7) is 5.14. The number of hydrogen-bond donors (Lipinski definition) is 1. The van der Waals surface area contributed by atoms with Gasteiger partial charge < -0.3 is 9.88 Å². The molecule has 3 aromatic carbocycles. The molecule has 3 nitrogen and oxygen atoms in total. The highest BCUT2D eigenvalue weighted by molar-refractivity contribution is 5.99. The second kappa shape index (κ2) is 7.92. The fraction of sp³-hybridized carbons (Fsp3) is 0.160. The predicted molar refractivity (Wildman–Crippen MR) is 115 cm³/mol. The van der Waals surface area contributed by atoms with Crippen molar-refractivity contribution in [2.45, 2.75) is 26.9 Å². The Balaban J connectivity index is 1.60. The summed E-state index contributed by atoms with van der Waals surface area (Å²) in [7, 11) is 0. The predicted octanol–water partition coefficient (Wildman–Crippen LogP) is 5.38. The minimum Gasteiger partial charge on any atom is -0.348 e. The molecule has 146 valence electrons. The number of nitrogens with one attached hydrogen (secondary N) is 1. The number of nitrogens with zero attached hydrogens (tertiary/aromatic N) is 1. The van der Waals surface area contributed by atoms with E-state index in [0.29, 0.717) is 11.1 Å². The monoisotopic (exact) mass is 386 g/mol. The SMILES string of the molecule is Cc1c(C)n(Cc2ccccc2)c2ccc(C(=O)NCc3ccccc3F)cc12. The van der Waals surface area contributed by atoms with Crippen molar-refractivity contribution in [1.29, 1.82) is 0 Å². The molecule has 0 aliphatic rings. The first-order valence-electron chi connectivity index (χ1n) is 9.69. The van der Waals surface area contributed by atoms with Crippen molar-refractivity contribution in [2.24, 2.45) is 0 Å². The molecular weight excluding hydrogens is 363 g/mol. The fourth-order valence-electron chi connectivity index (χ4n) is 3.68. The van der Waals surface area contributed by atoms with Gasteiger partial charge >= 0.3 is 0 Å². The van der Waals surface area contributed by atoms with Crippen molar-refractivity contribution in [3.8, 4) is 0 Å². The van der Waals surface area contributed by atoms with Crippen LogP contribution in [0.15, 0.2) is 72.8 Å². The summed E-state index contributed by atoms with van der Waals surface area (Å²) in [5.41, 5.74) is 5.75. The lowest BCUT2D eigenvalue weighted by atomic mass is 10.1. The van der Waals surface area contributed by atoms with Crippen LogP contribution in [0.1, 0.15) is 32.7 Å². The van der Waals surface area contributed by atoms with Gasteiger partial charge in [0.05, 0.1) is 0 Å². The van der Waals surface area contributed by atoms with Gasteiger partial charge in [-0.05, 0) is 49.2 Å². The van der Waals surface area contributed by atoms with Gasteiger partial charge in [-0.3, -0.25) is 4.79 Å². The van der Waals surface area contributed by atoms with E-state index < -0.39 is 0 Å². The zero-order valence-electron chi connectivity index (χ0n) is 16.6. The maximum Gasteiger partial charge on any atom is 0.251 e. The largest absolute Gasteiger partial charge is 0.348 e. The van der Waals surface area contributed by atoms with Crippen LogP contribution in [-0.2, 0) is 13.1 Å². The summed E-state index contributed by atoms with van der Waals surface area (Å²) < 4.78 is 16.1. The van der Waals surface area contributed by atoms with Gasteiger partial charge in [-0.25, -0.2) is 4.39 Å². The number of carbonyl (C=O) groups excluding carboxylic acids is 1. The molecule has 0 fully saturated rings. The molecule has 0 atom stereocenters. The lowest BCUT2D eigenvalue weighted by Gasteiger charge is -2.09. The highest BCUT2D eigenvalue weighted by atomic mass is 19.1. The Morgan fingerprint density at radius 2 is 1.69 bits per heavy atom. The third-order valence-corrected chi connectivity index (χ3v) is 5.48. The van der Waals surface area contributed by atoms with Gasteiger partial charge in [-0.1, -0.05) is 48.5 Å². The molecule has 0 spiro atoms. The molecule has 0 aliphatic heterocycles. The molecule has 1 amide bonds. The van der Waals surface area contributed by atoms with E-state index >= 15 is 0 Å². The molecule has 4 rings (SSSR count). The topological polar surface area (TPSA) is 34.0 Å². The first kappa shape index (κ1) is 18.9. The van der Waals surface area contributed by atoms with Crippen molar-refractivity contribution in [1.82, 2.24) is 9.88 Å². The normalized spacial score (nSPS) is 11.0. The molecule has 4 aromatic rings. The molecule has 0 aliphatic carbocycles. The molecule has 0 saturated carbocycles. The average molecular weight is 386 g/mol. The molecule has 4 heteroatoms. The summed E-state index contributed by atoms with van der Waals surface area (Å²) in [4.78, 5) is 12.6. The number of carbonyl (C=O) groups is 1. The zero-order valence-corrected chi connectivity index (χ0v) is 16.6. The van der Waals surface area contributed by atoms with Crippen molar-refractivity contribution in [2.75, 3.05) is 0 Å². The molecule has 0 unspecified atom stereocenters. The second-order valence-electron chi connectivity index (χ2n) is 7.29. The van der Waals surface area contributed by atoms with Gasteiger partial charge in [0.1, 0.15) is 5.82 Å². The minimum atomic E-state index is -0.312. The van der Waals surface area contributed by atoms with E-state index in [4.69, 9.17) is 0 Å². The number of hydrogen-bond acceptors (Lipinski definition) is 1. The Morgan fingerprint density at radius 1 is 0.966 bits per heavy atom. The van der Waals surface area contributed by atoms with Crippen molar-refractivity contribution in [3.63, 3.8) is 0 Å². The Hall–Kier alpha value is -3.40. The number of halogens is 1. The quantitative estimate of drug-likeness (QED) is 0.491. The van der Waals surface area contributed by atoms with E-state index in [-0.39, 0.29) is 18.3 Å². The van der Waals surface area contributed by atoms with Crippen LogP contribution in [0.5, 0.6) is 0 Å². The maximum atomic E-state index is 13.8. The summed E-state index contributed by atoms with van der Waals surface area (Å²) in [5.74, 6) is -0.518. The summed E-state index contributed by atoms with van der Waals surface area (Å²) in [6.07, 6.45) is 0. The summed E-state index contributed by atoms with van der Waals surface area (Å²) in [6, 6.07) is 22.6. The number of fused-ring (bicyclic) bond motifs is 1.